The molecule has 4 aliphatic carbocycles. The summed E-state index contributed by atoms with van der Waals surface area (Å²) in [7, 11) is -1.62. The Hall–Kier alpha value is -3.12. The van der Waals surface area contributed by atoms with Crippen molar-refractivity contribution in [3.05, 3.63) is 107 Å². The summed E-state index contributed by atoms with van der Waals surface area (Å²) >= 11 is 0. The van der Waals surface area contributed by atoms with Crippen molar-refractivity contribution in [3.8, 4) is 33.7 Å². The van der Waals surface area contributed by atoms with Crippen LogP contribution in [0.1, 0.15) is 45.8 Å². The maximum absolute atomic E-state index is 11.6. The maximum Gasteiger partial charge on any atom is 0.129 e. The van der Waals surface area contributed by atoms with Crippen LogP contribution < -0.4 is 0 Å². The van der Waals surface area contributed by atoms with Crippen LogP contribution in [-0.4, -0.2) is 13.2 Å². The van der Waals surface area contributed by atoms with Crippen LogP contribution in [0.5, 0.6) is 0 Å². The molecule has 0 heterocycles. The minimum atomic E-state index is -1.62. The quantitative estimate of drug-likeness (QED) is 0.251. The van der Waals surface area contributed by atoms with E-state index in [0.29, 0.717) is 0 Å². The van der Waals surface area contributed by atoms with Gasteiger partial charge in [-0.1, -0.05) is 104 Å². The maximum atomic E-state index is 11.6. The van der Waals surface area contributed by atoms with E-state index in [9.17, 15) is 5.11 Å². The van der Waals surface area contributed by atoms with Crippen molar-refractivity contribution in [2.45, 2.75) is 37.6 Å². The van der Waals surface area contributed by atoms with Gasteiger partial charge in [0.1, 0.15) is 14.2 Å². The predicted molar refractivity (Wildman–Crippen MR) is 135 cm³/mol. The zero-order chi connectivity index (χ0) is 22.0. The topological polar surface area (TPSA) is 20.2 Å². The highest BCUT2D eigenvalue weighted by Gasteiger charge is 2.40. The number of allylic oxidation sites excluding steroid dienone is 4. The Kier molecular flexibility index (Phi) is 4.24. The molecule has 0 saturated carbocycles. The standard InChI is InChI=1S/C30H26OSi/c1-32(2,3)18-17-24-25(19-9-5-4-6-10-19)26-20-13-15-21(16-14-20)27(26)28-22-11-7-8-12-23(22)30(31)29(24)28/h4-16,20-21,30-31H,1-3H3. The first kappa shape index (κ1) is 19.6. The Labute approximate surface area is 191 Å². The molecular weight excluding hydrogens is 404 g/mol. The highest BCUT2D eigenvalue weighted by atomic mass is 28.3. The molecule has 1 nitrogen and oxygen atoms in total. The van der Waals surface area contributed by atoms with Crippen molar-refractivity contribution in [1.82, 2.24) is 0 Å². The number of hydrogen-bond donors (Lipinski definition) is 1. The first-order valence-corrected chi connectivity index (χ1v) is 14.9. The molecule has 1 atom stereocenters. The Bertz CT molecular complexity index is 1360. The summed E-state index contributed by atoms with van der Waals surface area (Å²) in [5.74, 6) is 4.11. The molecular formula is C30H26OSi. The van der Waals surface area contributed by atoms with Crippen LogP contribution in [0.4, 0.5) is 0 Å². The van der Waals surface area contributed by atoms with E-state index in [1.165, 1.54) is 27.8 Å². The molecule has 1 N–H and O–H groups in total. The monoisotopic (exact) mass is 430 g/mol. The van der Waals surface area contributed by atoms with Gasteiger partial charge in [-0.3, -0.25) is 0 Å². The lowest BCUT2D eigenvalue weighted by molar-refractivity contribution is 0.225. The minimum absolute atomic E-state index is 0.239. The van der Waals surface area contributed by atoms with E-state index in [-0.39, 0.29) is 11.8 Å². The van der Waals surface area contributed by atoms with Gasteiger partial charge in [0.15, 0.2) is 0 Å². The number of benzene rings is 3. The number of rotatable bonds is 1. The van der Waals surface area contributed by atoms with Crippen LogP contribution in [0.3, 0.4) is 0 Å². The molecule has 0 aliphatic heterocycles. The van der Waals surface area contributed by atoms with E-state index < -0.39 is 14.2 Å². The normalized spacial score (nSPS) is 21.6. The largest absolute Gasteiger partial charge is 0.384 e. The second-order valence-electron chi connectivity index (χ2n) is 10.0. The first-order valence-electron chi connectivity index (χ1n) is 11.4. The SMILES string of the molecule is C[Si](C)(C)C#Cc1c(-c2ccccc2)c2c(c3c1C(O)c1ccccc1-3)C1C=CC2C=C1. The van der Waals surface area contributed by atoms with Crippen LogP contribution in [0.15, 0.2) is 78.9 Å². The molecule has 4 aliphatic rings. The van der Waals surface area contributed by atoms with Gasteiger partial charge in [0, 0.05) is 28.5 Å². The third-order valence-electron chi connectivity index (χ3n) is 6.76. The molecule has 0 amide bonds. The molecule has 2 heteroatoms. The molecule has 0 fully saturated rings. The van der Waals surface area contributed by atoms with Crippen LogP contribution in [0, 0.1) is 11.5 Å². The van der Waals surface area contributed by atoms with Crippen molar-refractivity contribution >= 4 is 8.07 Å². The van der Waals surface area contributed by atoms with Gasteiger partial charge in [-0.15, -0.1) is 5.54 Å². The van der Waals surface area contributed by atoms with Crippen molar-refractivity contribution in [3.63, 3.8) is 0 Å². The van der Waals surface area contributed by atoms with Gasteiger partial charge < -0.3 is 5.11 Å². The van der Waals surface area contributed by atoms with E-state index in [2.05, 4.69) is 104 Å². The van der Waals surface area contributed by atoms with Crippen molar-refractivity contribution in [2.75, 3.05) is 0 Å². The lowest BCUT2D eigenvalue weighted by Gasteiger charge is -2.34. The second kappa shape index (κ2) is 6.94. The Morgan fingerprint density at radius 2 is 1.31 bits per heavy atom. The molecule has 0 radical (unpaired) electrons. The molecule has 3 aromatic carbocycles. The van der Waals surface area contributed by atoms with Crippen molar-refractivity contribution in [2.24, 2.45) is 0 Å². The minimum Gasteiger partial charge on any atom is -0.384 e. The van der Waals surface area contributed by atoms with Crippen LogP contribution in [0.2, 0.25) is 19.6 Å². The lowest BCUT2D eigenvalue weighted by Crippen LogP contribution is -2.19. The molecule has 1 unspecified atom stereocenters. The smallest absolute Gasteiger partial charge is 0.129 e. The van der Waals surface area contributed by atoms with Crippen LogP contribution >= 0.6 is 0 Å². The highest BCUT2D eigenvalue weighted by molar-refractivity contribution is 6.83. The summed E-state index contributed by atoms with van der Waals surface area (Å²) in [6.45, 7) is 6.83. The molecule has 2 bridgehead atoms. The van der Waals surface area contributed by atoms with Gasteiger partial charge in [-0.25, -0.2) is 0 Å². The van der Waals surface area contributed by atoms with E-state index in [1.807, 2.05) is 6.07 Å². The summed E-state index contributed by atoms with van der Waals surface area (Å²) in [5.41, 5.74) is 14.1. The van der Waals surface area contributed by atoms with Crippen molar-refractivity contribution in [1.29, 1.82) is 0 Å². The Morgan fingerprint density at radius 1 is 0.719 bits per heavy atom. The molecule has 3 aromatic rings. The van der Waals surface area contributed by atoms with Gasteiger partial charge in [-0.05, 0) is 33.4 Å². The van der Waals surface area contributed by atoms with Gasteiger partial charge in [0.2, 0.25) is 0 Å². The average molecular weight is 431 g/mol. The number of aliphatic hydroxyl groups is 1. The van der Waals surface area contributed by atoms with Gasteiger partial charge >= 0.3 is 0 Å². The summed E-state index contributed by atoms with van der Waals surface area (Å²) in [5, 5.41) is 11.6. The van der Waals surface area contributed by atoms with Crippen LogP contribution in [0.25, 0.3) is 22.3 Å². The summed E-state index contributed by atoms with van der Waals surface area (Å²) in [6.07, 6.45) is 8.66. The van der Waals surface area contributed by atoms with Gasteiger partial charge in [-0.2, -0.15) is 0 Å². The predicted octanol–water partition coefficient (Wildman–Crippen LogP) is 6.95. The molecule has 0 saturated heterocycles. The second-order valence-corrected chi connectivity index (χ2v) is 14.8. The van der Waals surface area contributed by atoms with Gasteiger partial charge in [0.25, 0.3) is 0 Å². The summed E-state index contributed by atoms with van der Waals surface area (Å²) in [6, 6.07) is 19.0. The fraction of sp³-hybridized carbons (Fsp3) is 0.200. The zero-order valence-electron chi connectivity index (χ0n) is 18.7. The Morgan fingerprint density at radius 3 is 1.97 bits per heavy atom. The molecule has 0 aromatic heterocycles. The highest BCUT2D eigenvalue weighted by Crippen LogP contribution is 2.57. The third kappa shape index (κ3) is 2.82. The molecule has 156 valence electrons. The number of aliphatic hydroxyl groups excluding tert-OH is 1. The van der Waals surface area contributed by atoms with Gasteiger partial charge in [0.05, 0.1) is 0 Å². The summed E-state index contributed by atoms with van der Waals surface area (Å²) in [4.78, 5) is 0. The summed E-state index contributed by atoms with van der Waals surface area (Å²) < 4.78 is 0. The van der Waals surface area contributed by atoms with Crippen molar-refractivity contribution < 1.29 is 5.11 Å². The molecule has 32 heavy (non-hydrogen) atoms. The lowest BCUT2D eigenvalue weighted by atomic mass is 9.69. The van der Waals surface area contributed by atoms with E-state index in [1.54, 1.807) is 0 Å². The molecule has 7 rings (SSSR count). The fourth-order valence-electron chi connectivity index (χ4n) is 5.46. The average Bonchev–Trinajstić information content (AvgIpc) is 3.11. The molecule has 0 spiro atoms. The number of fused-ring (bicyclic) bond motifs is 3. The number of hydrogen-bond acceptors (Lipinski definition) is 1. The third-order valence-corrected chi connectivity index (χ3v) is 7.63. The Balaban J connectivity index is 1.80. The zero-order valence-corrected chi connectivity index (χ0v) is 19.7. The fourth-order valence-corrected chi connectivity index (χ4v) is 5.96. The van der Waals surface area contributed by atoms with E-state index in [4.69, 9.17) is 0 Å². The van der Waals surface area contributed by atoms with E-state index >= 15 is 0 Å². The first-order chi connectivity index (χ1) is 15.4. The van der Waals surface area contributed by atoms with Crippen LogP contribution in [-0.2, 0) is 0 Å². The van der Waals surface area contributed by atoms with E-state index in [0.717, 1.165) is 22.3 Å².